The fourth-order valence-corrected chi connectivity index (χ4v) is 3.73. The molecular weight excluding hydrogens is 392 g/mol. The van der Waals surface area contributed by atoms with Crippen molar-refractivity contribution in [2.75, 3.05) is 33.3 Å². The highest BCUT2D eigenvalue weighted by Crippen LogP contribution is 2.19. The molecule has 31 heavy (non-hydrogen) atoms. The molecule has 0 bridgehead atoms. The van der Waals surface area contributed by atoms with Crippen LogP contribution in [0.2, 0.25) is 0 Å². The second kappa shape index (κ2) is 13.1. The zero-order valence-electron chi connectivity index (χ0n) is 18.9. The Morgan fingerprint density at radius 2 is 2.03 bits per heavy atom. The number of ether oxygens (including phenoxy) is 1. The lowest BCUT2D eigenvalue weighted by Crippen LogP contribution is -2.58. The molecule has 1 aromatic carbocycles. The number of nitrogens with one attached hydrogen (secondary N) is 3. The van der Waals surface area contributed by atoms with Gasteiger partial charge in [-0.15, -0.1) is 6.42 Å². The van der Waals surface area contributed by atoms with E-state index in [0.29, 0.717) is 6.54 Å². The van der Waals surface area contributed by atoms with E-state index in [1.165, 1.54) is 5.56 Å². The molecule has 0 spiro atoms. The zero-order chi connectivity index (χ0) is 22.6. The first-order valence-corrected chi connectivity index (χ1v) is 11.1. The Morgan fingerprint density at radius 3 is 2.71 bits per heavy atom. The summed E-state index contributed by atoms with van der Waals surface area (Å²) in [4.78, 5) is 27.7. The Kier molecular flexibility index (Phi) is 10.5. The predicted molar refractivity (Wildman–Crippen MR) is 122 cm³/mol. The fraction of sp³-hybridized carbons (Fsp3) is 0.583. The summed E-state index contributed by atoms with van der Waals surface area (Å²) in [6.07, 6.45) is 7.61. The number of terminal acetylenes is 1. The quantitative estimate of drug-likeness (QED) is 0.341. The predicted octanol–water partition coefficient (Wildman–Crippen LogP) is 0.941. The van der Waals surface area contributed by atoms with Gasteiger partial charge in [-0.3, -0.25) is 9.59 Å². The molecule has 0 aromatic heterocycles. The van der Waals surface area contributed by atoms with Gasteiger partial charge in [-0.2, -0.15) is 0 Å². The number of hydrogen-bond donors (Lipinski definition) is 3. The lowest BCUT2D eigenvalue weighted by Gasteiger charge is -2.32. The van der Waals surface area contributed by atoms with Gasteiger partial charge in [0.1, 0.15) is 12.6 Å². The van der Waals surface area contributed by atoms with Crippen molar-refractivity contribution in [3.63, 3.8) is 0 Å². The number of carbonyl (C=O) groups excluding carboxylic acids is 2. The van der Waals surface area contributed by atoms with Gasteiger partial charge in [-0.05, 0) is 52.3 Å². The maximum absolute atomic E-state index is 13.4. The molecule has 1 fully saturated rings. The van der Waals surface area contributed by atoms with Gasteiger partial charge >= 0.3 is 0 Å². The Labute approximate surface area is 186 Å². The molecule has 7 nitrogen and oxygen atoms in total. The molecule has 1 aliphatic heterocycles. The molecule has 2 rings (SSSR count). The SMILES string of the molecule is C#CCO[C@H](C)[C@H](NC(=O)[C@H](C)NC)C(=O)N1CCC[C@H]1CNCCc1ccccc1. The molecule has 170 valence electrons. The molecule has 1 aromatic rings. The maximum atomic E-state index is 13.4. The van der Waals surface area contributed by atoms with Crippen LogP contribution in [0.4, 0.5) is 0 Å². The van der Waals surface area contributed by atoms with Crippen LogP contribution < -0.4 is 16.0 Å². The molecule has 3 N–H and O–H groups in total. The van der Waals surface area contributed by atoms with Crippen LogP contribution >= 0.6 is 0 Å². The maximum Gasteiger partial charge on any atom is 0.248 e. The Balaban J connectivity index is 1.96. The van der Waals surface area contributed by atoms with E-state index in [-0.39, 0.29) is 24.5 Å². The van der Waals surface area contributed by atoms with Crippen molar-refractivity contribution >= 4 is 11.8 Å². The van der Waals surface area contributed by atoms with Gasteiger partial charge in [0.25, 0.3) is 0 Å². The van der Waals surface area contributed by atoms with Crippen molar-refractivity contribution < 1.29 is 14.3 Å². The number of rotatable bonds is 12. The standard InChI is InChI=1S/C24H36N4O3/c1-5-16-31-19(3)22(27-23(29)18(2)25-4)24(30)28-15-9-12-21(28)17-26-14-13-20-10-7-6-8-11-20/h1,6-8,10-11,18-19,21-22,25-26H,9,12-17H2,2-4H3,(H,27,29)/t18-,19+,21-,22-/m0/s1. The van der Waals surface area contributed by atoms with E-state index >= 15 is 0 Å². The summed E-state index contributed by atoms with van der Waals surface area (Å²) < 4.78 is 5.60. The summed E-state index contributed by atoms with van der Waals surface area (Å²) in [5, 5.41) is 9.24. The summed E-state index contributed by atoms with van der Waals surface area (Å²) in [6.45, 7) is 5.87. The molecule has 4 atom stereocenters. The average Bonchev–Trinajstić information content (AvgIpc) is 3.26. The highest BCUT2D eigenvalue weighted by molar-refractivity contribution is 5.90. The van der Waals surface area contributed by atoms with Crippen molar-refractivity contribution in [3.8, 4) is 12.3 Å². The summed E-state index contributed by atoms with van der Waals surface area (Å²) in [6, 6.07) is 9.24. The molecule has 0 aliphatic carbocycles. The lowest BCUT2D eigenvalue weighted by atomic mass is 10.1. The van der Waals surface area contributed by atoms with E-state index < -0.39 is 18.2 Å². The van der Waals surface area contributed by atoms with Gasteiger partial charge < -0.3 is 25.6 Å². The molecule has 1 aliphatic rings. The van der Waals surface area contributed by atoms with E-state index in [0.717, 1.165) is 32.4 Å². The average molecular weight is 429 g/mol. The topological polar surface area (TPSA) is 82.7 Å². The normalized spacial score (nSPS) is 18.8. The van der Waals surface area contributed by atoms with Crippen LogP contribution in [0.5, 0.6) is 0 Å². The summed E-state index contributed by atoms with van der Waals surface area (Å²) in [5.74, 6) is 2.06. The van der Waals surface area contributed by atoms with E-state index in [2.05, 4.69) is 34.0 Å². The number of amides is 2. The third-order valence-electron chi connectivity index (χ3n) is 5.76. The van der Waals surface area contributed by atoms with Crippen molar-refractivity contribution in [2.45, 2.75) is 57.3 Å². The smallest absolute Gasteiger partial charge is 0.248 e. The minimum absolute atomic E-state index is 0.0901. The minimum atomic E-state index is -0.776. The van der Waals surface area contributed by atoms with Gasteiger partial charge in [0.05, 0.1) is 12.1 Å². The molecule has 0 unspecified atom stereocenters. The largest absolute Gasteiger partial charge is 0.363 e. The number of hydrogen-bond acceptors (Lipinski definition) is 5. The van der Waals surface area contributed by atoms with Gasteiger partial charge in [0.15, 0.2) is 0 Å². The van der Waals surface area contributed by atoms with Crippen LogP contribution in [0.25, 0.3) is 0 Å². The van der Waals surface area contributed by atoms with E-state index in [9.17, 15) is 9.59 Å². The van der Waals surface area contributed by atoms with Crippen LogP contribution in [0.15, 0.2) is 30.3 Å². The van der Waals surface area contributed by atoms with Gasteiger partial charge in [0.2, 0.25) is 11.8 Å². The van der Waals surface area contributed by atoms with Crippen LogP contribution in [0, 0.1) is 12.3 Å². The van der Waals surface area contributed by atoms with Crippen LogP contribution in [0.1, 0.15) is 32.3 Å². The number of likely N-dealkylation sites (N-methyl/N-ethyl adjacent to an activating group) is 1. The summed E-state index contributed by atoms with van der Waals surface area (Å²) in [5.41, 5.74) is 1.29. The molecule has 0 saturated carbocycles. The van der Waals surface area contributed by atoms with Crippen LogP contribution in [-0.2, 0) is 20.7 Å². The zero-order valence-corrected chi connectivity index (χ0v) is 18.9. The molecular formula is C24H36N4O3. The molecule has 2 amide bonds. The Bertz CT molecular complexity index is 734. The van der Waals surface area contributed by atoms with E-state index in [4.69, 9.17) is 11.2 Å². The first-order valence-electron chi connectivity index (χ1n) is 11.1. The van der Waals surface area contributed by atoms with Gasteiger partial charge in [-0.25, -0.2) is 0 Å². The van der Waals surface area contributed by atoms with Crippen LogP contribution in [0.3, 0.4) is 0 Å². The van der Waals surface area contributed by atoms with Gasteiger partial charge in [-0.1, -0.05) is 36.3 Å². The first-order chi connectivity index (χ1) is 15.0. The van der Waals surface area contributed by atoms with Crippen molar-refractivity contribution in [2.24, 2.45) is 0 Å². The minimum Gasteiger partial charge on any atom is -0.363 e. The lowest BCUT2D eigenvalue weighted by molar-refractivity contribution is -0.141. The fourth-order valence-electron chi connectivity index (χ4n) is 3.73. The van der Waals surface area contributed by atoms with E-state index in [1.54, 1.807) is 20.9 Å². The second-order valence-electron chi connectivity index (χ2n) is 7.98. The van der Waals surface area contributed by atoms with E-state index in [1.807, 2.05) is 23.1 Å². The number of likely N-dealkylation sites (tertiary alicyclic amines) is 1. The number of nitrogens with zero attached hydrogens (tertiary/aromatic N) is 1. The van der Waals surface area contributed by atoms with Crippen LogP contribution in [-0.4, -0.2) is 74.2 Å². The summed E-state index contributed by atoms with van der Waals surface area (Å²) >= 11 is 0. The number of carbonyl (C=O) groups is 2. The van der Waals surface area contributed by atoms with Gasteiger partial charge in [0, 0.05) is 19.1 Å². The monoisotopic (exact) mass is 428 g/mol. The summed E-state index contributed by atoms with van der Waals surface area (Å²) in [7, 11) is 1.71. The highest BCUT2D eigenvalue weighted by atomic mass is 16.5. The number of benzene rings is 1. The van der Waals surface area contributed by atoms with Crippen molar-refractivity contribution in [1.82, 2.24) is 20.9 Å². The molecule has 0 radical (unpaired) electrons. The van der Waals surface area contributed by atoms with Crippen molar-refractivity contribution in [1.29, 1.82) is 0 Å². The van der Waals surface area contributed by atoms with Crippen molar-refractivity contribution in [3.05, 3.63) is 35.9 Å². The highest BCUT2D eigenvalue weighted by Gasteiger charge is 2.37. The molecule has 7 heteroatoms. The molecule has 1 saturated heterocycles. The Hall–Kier alpha value is -2.40. The third kappa shape index (κ3) is 7.66. The third-order valence-corrected chi connectivity index (χ3v) is 5.76. The molecule has 1 heterocycles. The Morgan fingerprint density at radius 1 is 1.29 bits per heavy atom. The first kappa shape index (κ1) is 24.9. The second-order valence-corrected chi connectivity index (χ2v) is 7.98.